The minimum atomic E-state index is -0.750. The summed E-state index contributed by atoms with van der Waals surface area (Å²) in [7, 11) is 0. The fourth-order valence-corrected chi connectivity index (χ4v) is 2.54. The van der Waals surface area contributed by atoms with Crippen molar-refractivity contribution in [2.75, 3.05) is 0 Å². The summed E-state index contributed by atoms with van der Waals surface area (Å²) in [5.41, 5.74) is -0.668. The van der Waals surface area contributed by atoms with E-state index in [2.05, 4.69) is 6.92 Å². The van der Waals surface area contributed by atoms with Crippen LogP contribution in [0.25, 0.3) is 0 Å². The van der Waals surface area contributed by atoms with E-state index in [0.29, 0.717) is 6.42 Å². The third-order valence-corrected chi connectivity index (χ3v) is 4.31. The van der Waals surface area contributed by atoms with Crippen LogP contribution in [0.5, 0.6) is 0 Å². The summed E-state index contributed by atoms with van der Waals surface area (Å²) in [6.45, 7) is 5.74. The van der Waals surface area contributed by atoms with E-state index >= 15 is 0 Å². The molecule has 21 heavy (non-hydrogen) atoms. The van der Waals surface area contributed by atoms with E-state index in [9.17, 15) is 9.90 Å². The van der Waals surface area contributed by atoms with Gasteiger partial charge in [0.2, 0.25) is 0 Å². The van der Waals surface area contributed by atoms with Crippen LogP contribution in [0.3, 0.4) is 0 Å². The van der Waals surface area contributed by atoms with Crippen LogP contribution in [0.4, 0.5) is 0 Å². The van der Waals surface area contributed by atoms with Crippen LogP contribution in [0.1, 0.15) is 97.8 Å². The van der Waals surface area contributed by atoms with Gasteiger partial charge in [-0.1, -0.05) is 58.3 Å². The van der Waals surface area contributed by atoms with Gasteiger partial charge in [-0.15, -0.1) is 0 Å². The van der Waals surface area contributed by atoms with E-state index in [1.807, 2.05) is 0 Å². The molecule has 0 bridgehead atoms. The minimum Gasteiger partial charge on any atom is -0.481 e. The molecule has 0 spiro atoms. The van der Waals surface area contributed by atoms with Crippen molar-refractivity contribution in [1.29, 1.82) is 0 Å². The molecular formula is C18H36O3. The first-order valence-electron chi connectivity index (χ1n) is 8.81. The minimum absolute atomic E-state index is 0.255. The number of unbranched alkanes of at least 4 members (excludes halogenated alkanes) is 7. The van der Waals surface area contributed by atoms with Gasteiger partial charge >= 0.3 is 5.97 Å². The molecule has 0 saturated carbocycles. The Morgan fingerprint density at radius 1 is 0.905 bits per heavy atom. The molecular weight excluding hydrogens is 264 g/mol. The molecule has 3 nitrogen and oxygen atoms in total. The van der Waals surface area contributed by atoms with Crippen LogP contribution in [-0.4, -0.2) is 22.3 Å². The van der Waals surface area contributed by atoms with Gasteiger partial charge in [-0.3, -0.25) is 4.79 Å². The van der Waals surface area contributed by atoms with E-state index < -0.39 is 11.4 Å². The van der Waals surface area contributed by atoms with Crippen molar-refractivity contribution in [2.24, 2.45) is 5.41 Å². The Hall–Kier alpha value is -0.570. The van der Waals surface area contributed by atoms with Crippen LogP contribution >= 0.6 is 0 Å². The number of carbonyl (C=O) groups is 1. The van der Waals surface area contributed by atoms with Crippen LogP contribution < -0.4 is 0 Å². The predicted octanol–water partition coefficient (Wildman–Crippen LogP) is 5.16. The maximum Gasteiger partial charge on any atom is 0.309 e. The van der Waals surface area contributed by atoms with Gasteiger partial charge in [0, 0.05) is 0 Å². The van der Waals surface area contributed by atoms with Crippen LogP contribution in [0.2, 0.25) is 0 Å². The van der Waals surface area contributed by atoms with E-state index in [-0.39, 0.29) is 6.10 Å². The summed E-state index contributed by atoms with van der Waals surface area (Å²) in [4.78, 5) is 11.0. The molecule has 0 aromatic rings. The summed E-state index contributed by atoms with van der Waals surface area (Å²) in [5.74, 6) is -0.750. The van der Waals surface area contributed by atoms with Gasteiger partial charge in [0.05, 0.1) is 11.5 Å². The Balaban J connectivity index is 3.43. The summed E-state index contributed by atoms with van der Waals surface area (Å²) >= 11 is 0. The second-order valence-corrected chi connectivity index (χ2v) is 7.00. The van der Waals surface area contributed by atoms with E-state index in [4.69, 9.17) is 5.11 Å². The summed E-state index contributed by atoms with van der Waals surface area (Å²) in [6.07, 6.45) is 13.0. The van der Waals surface area contributed by atoms with E-state index in [1.54, 1.807) is 13.8 Å². The molecule has 0 aliphatic carbocycles. The highest BCUT2D eigenvalue weighted by molar-refractivity contribution is 5.73. The lowest BCUT2D eigenvalue weighted by Crippen LogP contribution is -2.23. The quantitative estimate of drug-likeness (QED) is 0.436. The van der Waals surface area contributed by atoms with Gasteiger partial charge in [0.15, 0.2) is 0 Å². The first kappa shape index (κ1) is 20.4. The number of aliphatic hydroxyl groups is 1. The predicted molar refractivity (Wildman–Crippen MR) is 88.5 cm³/mol. The highest BCUT2D eigenvalue weighted by Gasteiger charge is 2.26. The SMILES string of the molecule is CCCCCCCCCCC(O)CCCC(C)(C)C(=O)O. The van der Waals surface area contributed by atoms with Gasteiger partial charge in [-0.2, -0.15) is 0 Å². The number of carboxylic acid groups (broad SMARTS) is 1. The van der Waals surface area contributed by atoms with Crippen LogP contribution in [-0.2, 0) is 4.79 Å². The molecule has 3 heteroatoms. The Kier molecular flexibility index (Phi) is 11.7. The van der Waals surface area contributed by atoms with Gasteiger partial charge in [0.1, 0.15) is 0 Å². The molecule has 0 amide bonds. The molecule has 0 fully saturated rings. The maximum atomic E-state index is 11.0. The van der Waals surface area contributed by atoms with Gasteiger partial charge in [-0.25, -0.2) is 0 Å². The van der Waals surface area contributed by atoms with Crippen molar-refractivity contribution in [1.82, 2.24) is 0 Å². The number of aliphatic carboxylic acids is 1. The number of carboxylic acids is 1. The molecule has 0 aliphatic heterocycles. The summed E-state index contributed by atoms with van der Waals surface area (Å²) < 4.78 is 0. The van der Waals surface area contributed by atoms with E-state index in [0.717, 1.165) is 25.7 Å². The molecule has 126 valence electrons. The largest absolute Gasteiger partial charge is 0.481 e. The van der Waals surface area contributed by atoms with Crippen LogP contribution in [0, 0.1) is 5.41 Å². The van der Waals surface area contributed by atoms with Gasteiger partial charge in [0.25, 0.3) is 0 Å². The van der Waals surface area contributed by atoms with Crippen molar-refractivity contribution in [3.05, 3.63) is 0 Å². The first-order chi connectivity index (χ1) is 9.90. The van der Waals surface area contributed by atoms with Crippen molar-refractivity contribution in [3.63, 3.8) is 0 Å². The normalized spacial score (nSPS) is 13.3. The lowest BCUT2D eigenvalue weighted by atomic mass is 9.86. The third kappa shape index (κ3) is 11.7. The number of aliphatic hydroxyl groups excluding tert-OH is 1. The topological polar surface area (TPSA) is 57.5 Å². The summed E-state index contributed by atoms with van der Waals surface area (Å²) in [5, 5.41) is 18.9. The molecule has 0 aliphatic rings. The van der Waals surface area contributed by atoms with Crippen molar-refractivity contribution >= 4 is 5.97 Å². The molecule has 0 radical (unpaired) electrons. The highest BCUT2D eigenvalue weighted by atomic mass is 16.4. The second kappa shape index (κ2) is 12.0. The molecule has 2 N–H and O–H groups in total. The lowest BCUT2D eigenvalue weighted by molar-refractivity contribution is -0.147. The lowest BCUT2D eigenvalue weighted by Gasteiger charge is -2.19. The zero-order valence-corrected chi connectivity index (χ0v) is 14.4. The Morgan fingerprint density at radius 2 is 1.38 bits per heavy atom. The molecule has 0 aromatic carbocycles. The van der Waals surface area contributed by atoms with Gasteiger partial charge < -0.3 is 10.2 Å². The van der Waals surface area contributed by atoms with E-state index in [1.165, 1.54) is 44.9 Å². The van der Waals surface area contributed by atoms with Crippen molar-refractivity contribution in [3.8, 4) is 0 Å². The smallest absolute Gasteiger partial charge is 0.309 e. The monoisotopic (exact) mass is 300 g/mol. The Labute approximate surface area is 131 Å². The number of hydrogen-bond donors (Lipinski definition) is 2. The molecule has 0 heterocycles. The maximum absolute atomic E-state index is 11.0. The first-order valence-corrected chi connectivity index (χ1v) is 8.81. The van der Waals surface area contributed by atoms with Crippen LogP contribution in [0.15, 0.2) is 0 Å². The molecule has 0 aromatic heterocycles. The molecule has 0 rings (SSSR count). The fourth-order valence-electron chi connectivity index (χ4n) is 2.54. The number of hydrogen-bond acceptors (Lipinski definition) is 2. The van der Waals surface area contributed by atoms with Gasteiger partial charge in [-0.05, 0) is 39.5 Å². The second-order valence-electron chi connectivity index (χ2n) is 7.00. The highest BCUT2D eigenvalue weighted by Crippen LogP contribution is 2.24. The zero-order valence-electron chi connectivity index (χ0n) is 14.4. The fraction of sp³-hybridized carbons (Fsp3) is 0.944. The molecule has 1 unspecified atom stereocenters. The Morgan fingerprint density at radius 3 is 1.90 bits per heavy atom. The standard InChI is InChI=1S/C18H36O3/c1-4-5-6-7-8-9-10-11-13-16(19)14-12-15-18(2,3)17(20)21/h16,19H,4-15H2,1-3H3,(H,20,21). The molecule has 1 atom stereocenters. The summed E-state index contributed by atoms with van der Waals surface area (Å²) in [6, 6.07) is 0. The zero-order chi connectivity index (χ0) is 16.1. The number of rotatable bonds is 14. The average Bonchev–Trinajstić information content (AvgIpc) is 2.41. The Bertz CT molecular complexity index is 261. The average molecular weight is 300 g/mol. The van der Waals surface area contributed by atoms with Crippen molar-refractivity contribution in [2.45, 2.75) is 104 Å². The third-order valence-electron chi connectivity index (χ3n) is 4.31. The van der Waals surface area contributed by atoms with Crippen molar-refractivity contribution < 1.29 is 15.0 Å². The molecule has 0 saturated heterocycles.